The number of oxime groups is 1. The third-order valence-corrected chi connectivity index (χ3v) is 5.27. The largest absolute Gasteiger partial charge is 0.391 e. The molecule has 0 spiro atoms. The smallest absolute Gasteiger partial charge is 0.142 e. The van der Waals surface area contributed by atoms with Gasteiger partial charge in [-0.25, -0.2) is 0 Å². The Hall–Kier alpha value is -3.59. The highest BCUT2D eigenvalue weighted by Gasteiger charge is 2.16. The molecule has 0 atom stereocenters. The van der Waals surface area contributed by atoms with Crippen LogP contribution < -0.4 is 0 Å². The van der Waals surface area contributed by atoms with E-state index >= 15 is 0 Å². The number of aryl methyl sites for hydroxylation is 1. The van der Waals surface area contributed by atoms with E-state index in [0.717, 1.165) is 33.9 Å². The molecule has 150 valence electrons. The van der Waals surface area contributed by atoms with Crippen molar-refractivity contribution >= 4 is 5.71 Å². The first-order valence-electron chi connectivity index (χ1n) is 10.2. The van der Waals surface area contributed by atoms with E-state index in [1.165, 1.54) is 11.1 Å². The van der Waals surface area contributed by atoms with Crippen LogP contribution in [0.15, 0.2) is 96.2 Å². The van der Waals surface area contributed by atoms with Crippen LogP contribution in [-0.2, 0) is 11.4 Å². The summed E-state index contributed by atoms with van der Waals surface area (Å²) < 4.78 is 2.28. The van der Waals surface area contributed by atoms with Gasteiger partial charge in [0.1, 0.15) is 6.61 Å². The average Bonchev–Trinajstić information content (AvgIpc) is 3.13. The lowest BCUT2D eigenvalue weighted by molar-refractivity contribution is 0.130. The van der Waals surface area contributed by atoms with Crippen molar-refractivity contribution < 1.29 is 4.84 Å². The van der Waals surface area contributed by atoms with E-state index in [2.05, 4.69) is 102 Å². The molecule has 1 aromatic heterocycles. The molecule has 4 aromatic rings. The number of para-hydroxylation sites is 1. The molecule has 0 aliphatic carbocycles. The molecule has 30 heavy (non-hydrogen) atoms. The number of hydrogen-bond acceptors (Lipinski definition) is 2. The lowest BCUT2D eigenvalue weighted by Crippen LogP contribution is -2.02. The summed E-state index contributed by atoms with van der Waals surface area (Å²) in [6.07, 6.45) is 0. The molecular formula is C27H26N2O. The van der Waals surface area contributed by atoms with Gasteiger partial charge in [-0.05, 0) is 50.1 Å². The maximum absolute atomic E-state index is 5.67. The summed E-state index contributed by atoms with van der Waals surface area (Å²) in [6, 6.07) is 31.4. The van der Waals surface area contributed by atoms with Crippen LogP contribution in [0.3, 0.4) is 0 Å². The number of rotatable bonds is 6. The Morgan fingerprint density at radius 1 is 0.833 bits per heavy atom. The topological polar surface area (TPSA) is 26.5 Å². The number of benzene rings is 3. The second-order valence-corrected chi connectivity index (χ2v) is 7.50. The maximum atomic E-state index is 5.67. The van der Waals surface area contributed by atoms with Gasteiger partial charge in [0.05, 0.1) is 11.4 Å². The first-order valence-corrected chi connectivity index (χ1v) is 10.2. The summed E-state index contributed by atoms with van der Waals surface area (Å²) in [7, 11) is 0. The van der Waals surface area contributed by atoms with Crippen molar-refractivity contribution in [3.05, 3.63) is 113 Å². The van der Waals surface area contributed by atoms with Crippen molar-refractivity contribution in [3.8, 4) is 16.9 Å². The monoisotopic (exact) mass is 394 g/mol. The number of aromatic nitrogens is 1. The molecule has 0 N–H and O–H groups in total. The Morgan fingerprint density at radius 2 is 1.47 bits per heavy atom. The van der Waals surface area contributed by atoms with Gasteiger partial charge in [0.25, 0.3) is 0 Å². The Balaban J connectivity index is 1.68. The Labute approximate surface area is 178 Å². The standard InChI is InChI=1S/C27H26N2O/c1-20-14-16-23(17-15-20)19-30-28-21(2)26-18-27(24-10-6-4-7-11-24)29(22(26)3)25-12-8-5-9-13-25/h4-18H,19H2,1-3H3/b28-21+. The molecule has 0 aliphatic rings. The summed E-state index contributed by atoms with van der Waals surface area (Å²) in [6.45, 7) is 6.67. The predicted octanol–water partition coefficient (Wildman–Crippen LogP) is 6.70. The average molecular weight is 395 g/mol. The van der Waals surface area contributed by atoms with Crippen LogP contribution in [0.4, 0.5) is 0 Å². The molecule has 0 saturated carbocycles. The van der Waals surface area contributed by atoms with Gasteiger partial charge in [-0.3, -0.25) is 0 Å². The van der Waals surface area contributed by atoms with E-state index in [1.54, 1.807) is 0 Å². The van der Waals surface area contributed by atoms with Gasteiger partial charge in [0, 0.05) is 16.9 Å². The lowest BCUT2D eigenvalue weighted by Gasteiger charge is -2.12. The lowest BCUT2D eigenvalue weighted by atomic mass is 10.1. The summed E-state index contributed by atoms with van der Waals surface area (Å²) >= 11 is 0. The fraction of sp³-hybridized carbons (Fsp3) is 0.148. The Morgan fingerprint density at radius 3 is 2.13 bits per heavy atom. The van der Waals surface area contributed by atoms with Crippen LogP contribution in [-0.4, -0.2) is 10.3 Å². The minimum Gasteiger partial charge on any atom is -0.391 e. The molecule has 1 heterocycles. The molecule has 0 fully saturated rings. The molecule has 0 bridgehead atoms. The second-order valence-electron chi connectivity index (χ2n) is 7.50. The van der Waals surface area contributed by atoms with E-state index in [0.29, 0.717) is 6.61 Å². The van der Waals surface area contributed by atoms with Crippen molar-refractivity contribution in [1.82, 2.24) is 4.57 Å². The fourth-order valence-electron chi connectivity index (χ4n) is 3.64. The van der Waals surface area contributed by atoms with Crippen LogP contribution in [0, 0.1) is 13.8 Å². The molecule has 3 nitrogen and oxygen atoms in total. The van der Waals surface area contributed by atoms with Crippen molar-refractivity contribution in [2.45, 2.75) is 27.4 Å². The van der Waals surface area contributed by atoms with Crippen molar-refractivity contribution in [3.63, 3.8) is 0 Å². The molecule has 0 saturated heterocycles. The highest BCUT2D eigenvalue weighted by Crippen LogP contribution is 2.30. The summed E-state index contributed by atoms with van der Waals surface area (Å²) in [4.78, 5) is 5.67. The minimum atomic E-state index is 0.460. The van der Waals surface area contributed by atoms with Gasteiger partial charge in [-0.2, -0.15) is 0 Å². The molecule has 4 rings (SSSR count). The van der Waals surface area contributed by atoms with Gasteiger partial charge >= 0.3 is 0 Å². The van der Waals surface area contributed by atoms with Gasteiger partial charge in [0.2, 0.25) is 0 Å². The van der Waals surface area contributed by atoms with E-state index < -0.39 is 0 Å². The van der Waals surface area contributed by atoms with Crippen LogP contribution >= 0.6 is 0 Å². The minimum absolute atomic E-state index is 0.460. The third kappa shape index (κ3) is 4.20. The van der Waals surface area contributed by atoms with E-state index in [-0.39, 0.29) is 0 Å². The first kappa shape index (κ1) is 19.7. The van der Waals surface area contributed by atoms with Crippen molar-refractivity contribution in [2.24, 2.45) is 5.16 Å². The number of nitrogens with zero attached hydrogens (tertiary/aromatic N) is 2. The molecule has 0 amide bonds. The zero-order chi connectivity index (χ0) is 20.9. The maximum Gasteiger partial charge on any atom is 0.142 e. The predicted molar refractivity (Wildman–Crippen MR) is 124 cm³/mol. The van der Waals surface area contributed by atoms with Gasteiger partial charge in [-0.15, -0.1) is 0 Å². The summed E-state index contributed by atoms with van der Waals surface area (Å²) in [5.41, 5.74) is 8.89. The molecular weight excluding hydrogens is 368 g/mol. The highest BCUT2D eigenvalue weighted by atomic mass is 16.6. The van der Waals surface area contributed by atoms with E-state index in [4.69, 9.17) is 4.84 Å². The van der Waals surface area contributed by atoms with E-state index in [9.17, 15) is 0 Å². The van der Waals surface area contributed by atoms with Crippen LogP contribution in [0.2, 0.25) is 0 Å². The normalized spacial score (nSPS) is 11.5. The van der Waals surface area contributed by atoms with Crippen LogP contribution in [0.25, 0.3) is 16.9 Å². The van der Waals surface area contributed by atoms with Crippen molar-refractivity contribution in [1.29, 1.82) is 0 Å². The zero-order valence-corrected chi connectivity index (χ0v) is 17.7. The van der Waals surface area contributed by atoms with Crippen molar-refractivity contribution in [2.75, 3.05) is 0 Å². The zero-order valence-electron chi connectivity index (χ0n) is 17.7. The Bertz CT molecular complexity index is 1140. The van der Waals surface area contributed by atoms with Crippen LogP contribution in [0.5, 0.6) is 0 Å². The van der Waals surface area contributed by atoms with Gasteiger partial charge in [0.15, 0.2) is 0 Å². The molecule has 3 aromatic carbocycles. The first-order chi connectivity index (χ1) is 14.6. The van der Waals surface area contributed by atoms with Crippen LogP contribution in [0.1, 0.15) is 29.3 Å². The highest BCUT2D eigenvalue weighted by molar-refractivity contribution is 6.01. The summed E-state index contributed by atoms with van der Waals surface area (Å²) in [5, 5.41) is 4.42. The molecule has 0 aliphatic heterocycles. The van der Waals surface area contributed by atoms with Gasteiger partial charge < -0.3 is 9.40 Å². The Kier molecular flexibility index (Phi) is 5.80. The summed E-state index contributed by atoms with van der Waals surface area (Å²) in [5.74, 6) is 0. The van der Waals surface area contributed by atoms with E-state index in [1.807, 2.05) is 19.1 Å². The number of hydrogen-bond donors (Lipinski definition) is 0. The molecule has 3 heteroatoms. The SMILES string of the molecule is C/C(=N\OCc1ccc(C)cc1)c1cc(-c2ccccc2)n(-c2ccccc2)c1C. The quantitative estimate of drug-likeness (QED) is 0.264. The third-order valence-electron chi connectivity index (χ3n) is 5.27. The molecule has 0 unspecified atom stereocenters. The molecule has 0 radical (unpaired) electrons. The van der Waals surface area contributed by atoms with Gasteiger partial charge in [-0.1, -0.05) is 83.5 Å². The second kappa shape index (κ2) is 8.83. The fourth-order valence-corrected chi connectivity index (χ4v) is 3.64.